The zero-order valence-electron chi connectivity index (χ0n) is 15.4. The third-order valence-electron chi connectivity index (χ3n) is 5.48. The molecule has 0 bridgehead atoms. The largest absolute Gasteiger partial charge is 0.454 e. The summed E-state index contributed by atoms with van der Waals surface area (Å²) < 4.78 is 16.4. The third kappa shape index (κ3) is 2.90. The van der Waals surface area contributed by atoms with Gasteiger partial charge in [-0.25, -0.2) is 9.98 Å². The number of aliphatic imine (C=N–C) groups is 3. The van der Waals surface area contributed by atoms with E-state index in [0.29, 0.717) is 29.5 Å². The van der Waals surface area contributed by atoms with Crippen molar-refractivity contribution in [1.29, 1.82) is 0 Å². The first kappa shape index (κ1) is 18.5. The molecular formula is C18H21N5O6. The molecule has 1 aromatic rings. The monoisotopic (exact) mass is 403 g/mol. The lowest BCUT2D eigenvalue weighted by molar-refractivity contribution is -0.0688. The van der Waals surface area contributed by atoms with Gasteiger partial charge in [0.1, 0.15) is 37.0 Å². The molecule has 0 saturated carbocycles. The van der Waals surface area contributed by atoms with E-state index in [2.05, 4.69) is 15.0 Å². The molecule has 154 valence electrons. The maximum atomic E-state index is 10.3. The number of rotatable bonds is 4. The van der Waals surface area contributed by atoms with Crippen LogP contribution in [0.3, 0.4) is 0 Å². The van der Waals surface area contributed by atoms with Crippen LogP contribution >= 0.6 is 0 Å². The number of fused-ring (bicyclic) bond motifs is 2. The Bertz CT molecular complexity index is 920. The van der Waals surface area contributed by atoms with Crippen molar-refractivity contribution in [2.75, 3.05) is 20.1 Å². The molecular weight excluding hydrogens is 382 g/mol. The van der Waals surface area contributed by atoms with Crippen LogP contribution in [0.5, 0.6) is 11.5 Å². The number of benzene rings is 1. The summed E-state index contributed by atoms with van der Waals surface area (Å²) in [5.41, 5.74) is 6.80. The standard InChI is InChI=1S/C18H21N5O6/c19-18(4-9-1-2-10-11(3-9)28-8-27-10)15-16(20-6-22-18)23(7-21-15)17-14(26)13(25)12(5-24)29-17/h1-3,6,12-14,17,24-26H,4-5,7-8,19H2/t12-,13-,14-,17-,18?/m1/s1. The predicted molar refractivity (Wildman–Crippen MR) is 101 cm³/mol. The smallest absolute Gasteiger partial charge is 0.231 e. The minimum atomic E-state index is -1.22. The second kappa shape index (κ2) is 6.75. The molecule has 4 aliphatic heterocycles. The molecule has 1 unspecified atom stereocenters. The highest BCUT2D eigenvalue weighted by Gasteiger charge is 2.50. The van der Waals surface area contributed by atoms with E-state index in [0.717, 1.165) is 5.56 Å². The molecule has 0 aromatic heterocycles. The van der Waals surface area contributed by atoms with Crippen LogP contribution in [0, 0.1) is 0 Å². The summed E-state index contributed by atoms with van der Waals surface area (Å²) in [5.74, 6) is 1.77. The summed E-state index contributed by atoms with van der Waals surface area (Å²) in [7, 11) is 0. The van der Waals surface area contributed by atoms with Crippen molar-refractivity contribution >= 4 is 17.9 Å². The van der Waals surface area contributed by atoms with Crippen LogP contribution in [0.15, 0.2) is 33.2 Å². The number of nitrogens with two attached hydrogens (primary N) is 1. The predicted octanol–water partition coefficient (Wildman–Crippen LogP) is -1.79. The van der Waals surface area contributed by atoms with Gasteiger partial charge in [0, 0.05) is 6.42 Å². The molecule has 4 aliphatic rings. The molecule has 0 amide bonds. The molecule has 1 saturated heterocycles. The van der Waals surface area contributed by atoms with Crippen LogP contribution in [0.2, 0.25) is 0 Å². The van der Waals surface area contributed by atoms with E-state index in [9.17, 15) is 15.3 Å². The molecule has 1 aromatic carbocycles. The zero-order valence-corrected chi connectivity index (χ0v) is 15.4. The number of hydrogen-bond acceptors (Lipinski definition) is 11. The molecule has 4 heterocycles. The average molecular weight is 403 g/mol. The van der Waals surface area contributed by atoms with Crippen molar-refractivity contribution in [3.63, 3.8) is 0 Å². The summed E-state index contributed by atoms with van der Waals surface area (Å²) >= 11 is 0. The van der Waals surface area contributed by atoms with Gasteiger partial charge in [0.05, 0.1) is 6.61 Å². The number of aliphatic hydroxyl groups is 3. The quantitative estimate of drug-likeness (QED) is 0.459. The van der Waals surface area contributed by atoms with Gasteiger partial charge in [-0.3, -0.25) is 4.99 Å². The number of ether oxygens (including phenoxy) is 3. The normalized spacial score (nSPS) is 35.0. The summed E-state index contributed by atoms with van der Waals surface area (Å²) in [6.45, 7) is -0.0764. The number of aliphatic hydroxyl groups excluding tert-OH is 3. The van der Waals surface area contributed by atoms with Crippen molar-refractivity contribution in [3.8, 4) is 11.5 Å². The van der Waals surface area contributed by atoms with E-state index in [1.54, 1.807) is 4.90 Å². The van der Waals surface area contributed by atoms with Crippen LogP contribution in [0.25, 0.3) is 0 Å². The second-order valence-corrected chi connectivity index (χ2v) is 7.33. The number of nitrogens with zero attached hydrogens (tertiary/aromatic N) is 4. The van der Waals surface area contributed by atoms with Gasteiger partial charge in [0.2, 0.25) is 6.79 Å². The maximum Gasteiger partial charge on any atom is 0.231 e. The molecule has 5 atom stereocenters. The number of hydrogen-bond donors (Lipinski definition) is 4. The van der Waals surface area contributed by atoms with Crippen LogP contribution in [0.4, 0.5) is 0 Å². The van der Waals surface area contributed by atoms with Crippen molar-refractivity contribution in [2.45, 2.75) is 36.6 Å². The van der Waals surface area contributed by atoms with E-state index in [1.165, 1.54) is 6.34 Å². The fraction of sp³-hybridized carbons (Fsp3) is 0.500. The molecule has 11 heteroatoms. The van der Waals surface area contributed by atoms with E-state index in [-0.39, 0.29) is 13.5 Å². The van der Waals surface area contributed by atoms with Gasteiger partial charge in [-0.2, -0.15) is 0 Å². The second-order valence-electron chi connectivity index (χ2n) is 7.33. The molecule has 29 heavy (non-hydrogen) atoms. The summed E-state index contributed by atoms with van der Waals surface area (Å²) in [5, 5.41) is 29.7. The Labute approximate surface area is 165 Å². The molecule has 5 N–H and O–H groups in total. The SMILES string of the molecule is NC1(Cc2ccc3c(c2)OCO3)N=CN=C2C1=NCN2[C@@H]1O[C@H](CO)[C@@H](O)[C@H]1O. The first-order chi connectivity index (χ1) is 14.0. The molecule has 0 spiro atoms. The lowest BCUT2D eigenvalue weighted by Gasteiger charge is -2.32. The Kier molecular flexibility index (Phi) is 4.29. The van der Waals surface area contributed by atoms with Crippen LogP contribution in [0.1, 0.15) is 5.56 Å². The minimum absolute atomic E-state index is 0.143. The lowest BCUT2D eigenvalue weighted by Crippen LogP contribution is -2.56. The van der Waals surface area contributed by atoms with Gasteiger partial charge in [-0.15, -0.1) is 0 Å². The van der Waals surface area contributed by atoms with Crippen LogP contribution in [-0.2, 0) is 11.2 Å². The van der Waals surface area contributed by atoms with Gasteiger partial charge in [0.25, 0.3) is 0 Å². The summed E-state index contributed by atoms with van der Waals surface area (Å²) in [6, 6.07) is 5.57. The average Bonchev–Trinajstić information content (AvgIpc) is 3.41. The molecule has 11 nitrogen and oxygen atoms in total. The summed E-state index contributed by atoms with van der Waals surface area (Å²) in [6.07, 6.45) is -2.49. The highest BCUT2D eigenvalue weighted by atomic mass is 16.7. The van der Waals surface area contributed by atoms with E-state index in [4.69, 9.17) is 19.9 Å². The topological polar surface area (TPSA) is 155 Å². The molecule has 5 rings (SSSR count). The number of amidine groups is 1. The molecule has 1 fully saturated rings. The van der Waals surface area contributed by atoms with E-state index in [1.807, 2.05) is 18.2 Å². The Morgan fingerprint density at radius 2 is 2.03 bits per heavy atom. The van der Waals surface area contributed by atoms with E-state index >= 15 is 0 Å². The Morgan fingerprint density at radius 3 is 2.83 bits per heavy atom. The van der Waals surface area contributed by atoms with Gasteiger partial charge < -0.3 is 40.2 Å². The maximum absolute atomic E-state index is 10.3. The summed E-state index contributed by atoms with van der Waals surface area (Å²) in [4.78, 5) is 14.8. The van der Waals surface area contributed by atoms with Crippen molar-refractivity contribution in [2.24, 2.45) is 20.7 Å². The van der Waals surface area contributed by atoms with Crippen LogP contribution in [-0.4, -0.2) is 88.4 Å². The minimum Gasteiger partial charge on any atom is -0.454 e. The highest BCUT2D eigenvalue weighted by Crippen LogP contribution is 2.35. The van der Waals surface area contributed by atoms with Crippen LogP contribution < -0.4 is 15.2 Å². The highest BCUT2D eigenvalue weighted by molar-refractivity contribution is 6.47. The first-order valence-corrected chi connectivity index (χ1v) is 9.23. The van der Waals surface area contributed by atoms with Gasteiger partial charge in [-0.1, -0.05) is 6.07 Å². The fourth-order valence-corrected chi connectivity index (χ4v) is 3.96. The molecule has 0 radical (unpaired) electrons. The van der Waals surface area contributed by atoms with E-state index < -0.39 is 36.8 Å². The third-order valence-corrected chi connectivity index (χ3v) is 5.48. The van der Waals surface area contributed by atoms with Crippen molar-refractivity contribution in [3.05, 3.63) is 23.8 Å². The van der Waals surface area contributed by atoms with Crippen molar-refractivity contribution < 1.29 is 29.5 Å². The Hall–Kier alpha value is -2.57. The molecule has 0 aliphatic carbocycles. The lowest BCUT2D eigenvalue weighted by atomic mass is 9.94. The van der Waals surface area contributed by atoms with Gasteiger partial charge in [-0.05, 0) is 17.7 Å². The van der Waals surface area contributed by atoms with Crippen molar-refractivity contribution in [1.82, 2.24) is 4.90 Å². The Morgan fingerprint density at radius 1 is 1.21 bits per heavy atom. The Balaban J connectivity index is 1.38. The zero-order chi connectivity index (χ0) is 20.2. The van der Waals surface area contributed by atoms with Gasteiger partial charge >= 0.3 is 0 Å². The first-order valence-electron chi connectivity index (χ1n) is 9.23. The fourth-order valence-electron chi connectivity index (χ4n) is 3.96. The van der Waals surface area contributed by atoms with Gasteiger partial charge in [0.15, 0.2) is 29.2 Å².